The number of hydrogen-bond acceptors (Lipinski definition) is 3. The number of aromatic nitrogens is 1. The molecule has 64 valence electrons. The van der Waals surface area contributed by atoms with E-state index >= 15 is 0 Å². The minimum atomic E-state index is -1.18. The van der Waals surface area contributed by atoms with E-state index in [1.165, 1.54) is 12.5 Å². The maximum atomic E-state index is 10.7. The lowest BCUT2D eigenvalue weighted by Crippen LogP contribution is -2.04. The van der Waals surface area contributed by atoms with E-state index in [-0.39, 0.29) is 5.69 Å². The molecule has 0 saturated heterocycles. The molecule has 12 heavy (non-hydrogen) atoms. The number of rotatable bonds is 3. The number of aldehydes is 1. The number of carbonyl (C=O) groups is 1. The van der Waals surface area contributed by atoms with Crippen LogP contribution in [0, 0.1) is 0 Å². The summed E-state index contributed by atoms with van der Waals surface area (Å²) in [5.74, 6) is 0. The zero-order valence-electron chi connectivity index (χ0n) is 6.48. The van der Waals surface area contributed by atoms with E-state index in [4.69, 9.17) is 0 Å². The number of anilines is 1. The summed E-state index contributed by atoms with van der Waals surface area (Å²) in [5.41, 5.74) is 0.765. The summed E-state index contributed by atoms with van der Waals surface area (Å²) >= 11 is 0. The maximum Gasteiger partial charge on any atom is 0.170 e. The van der Waals surface area contributed by atoms with Crippen LogP contribution in [0.25, 0.3) is 0 Å². The summed E-state index contributed by atoms with van der Waals surface area (Å²) in [6.45, 7) is 0. The summed E-state index contributed by atoms with van der Waals surface area (Å²) in [7, 11) is -1.18. The van der Waals surface area contributed by atoms with Gasteiger partial charge in [0.1, 0.15) is 16.7 Å². The molecule has 0 radical (unpaired) electrons. The van der Waals surface area contributed by atoms with E-state index in [9.17, 15) is 9.00 Å². The Balaban J connectivity index is 2.96. The lowest BCUT2D eigenvalue weighted by molar-refractivity contribution is 0.112. The van der Waals surface area contributed by atoms with Crippen LogP contribution in [0.4, 0.5) is 5.69 Å². The maximum absolute atomic E-state index is 10.7. The summed E-state index contributed by atoms with van der Waals surface area (Å²) in [4.78, 5) is 14.2. The number of nitrogens with zero attached hydrogens (tertiary/aromatic N) is 1. The Kier molecular flexibility index (Phi) is 2.93. The minimum absolute atomic E-state index is 0.271. The summed E-state index contributed by atoms with van der Waals surface area (Å²) in [6.07, 6.45) is 3.62. The topological polar surface area (TPSA) is 59.1 Å². The van der Waals surface area contributed by atoms with Crippen LogP contribution in [0.5, 0.6) is 0 Å². The van der Waals surface area contributed by atoms with Crippen molar-refractivity contribution in [3.8, 4) is 0 Å². The lowest BCUT2D eigenvalue weighted by atomic mass is 10.3. The highest BCUT2D eigenvalue weighted by Crippen LogP contribution is 2.09. The molecule has 0 spiro atoms. The van der Waals surface area contributed by atoms with Gasteiger partial charge in [0.2, 0.25) is 0 Å². The van der Waals surface area contributed by atoms with Gasteiger partial charge in [0.05, 0.1) is 5.69 Å². The lowest BCUT2D eigenvalue weighted by Gasteiger charge is -2.02. The number of carbonyl (C=O) groups excluding carboxylic acids is 1. The molecular formula is C7H8N2O2S. The van der Waals surface area contributed by atoms with Gasteiger partial charge < -0.3 is 4.72 Å². The Morgan fingerprint density at radius 1 is 1.67 bits per heavy atom. The van der Waals surface area contributed by atoms with Crippen molar-refractivity contribution in [1.82, 2.24) is 4.98 Å². The first kappa shape index (κ1) is 8.86. The van der Waals surface area contributed by atoms with Crippen molar-refractivity contribution >= 4 is 23.0 Å². The molecule has 5 heteroatoms. The normalized spacial score (nSPS) is 12.1. The van der Waals surface area contributed by atoms with Gasteiger partial charge >= 0.3 is 0 Å². The zero-order chi connectivity index (χ0) is 8.97. The summed E-state index contributed by atoms with van der Waals surface area (Å²) < 4.78 is 13.3. The Morgan fingerprint density at radius 3 is 3.00 bits per heavy atom. The Bertz CT molecular complexity index is 314. The van der Waals surface area contributed by atoms with Gasteiger partial charge in [0, 0.05) is 12.5 Å². The first-order valence-electron chi connectivity index (χ1n) is 3.24. The van der Waals surface area contributed by atoms with E-state index < -0.39 is 11.0 Å². The molecule has 0 saturated carbocycles. The average Bonchev–Trinajstić information content (AvgIpc) is 2.04. The van der Waals surface area contributed by atoms with Gasteiger partial charge in [-0.25, -0.2) is 4.21 Å². The van der Waals surface area contributed by atoms with Gasteiger partial charge in [0.15, 0.2) is 6.29 Å². The van der Waals surface area contributed by atoms with Crippen LogP contribution < -0.4 is 4.72 Å². The van der Waals surface area contributed by atoms with Crippen LogP contribution >= 0.6 is 0 Å². The first-order chi connectivity index (χ1) is 5.74. The quantitative estimate of drug-likeness (QED) is 0.700. The van der Waals surface area contributed by atoms with Crippen LogP contribution in [-0.4, -0.2) is 21.7 Å². The highest BCUT2D eigenvalue weighted by Gasteiger charge is 2.01. The fourth-order valence-corrected chi connectivity index (χ4v) is 1.23. The molecule has 0 aliphatic carbocycles. The third kappa shape index (κ3) is 2.13. The molecule has 1 aromatic heterocycles. The van der Waals surface area contributed by atoms with Gasteiger partial charge in [-0.15, -0.1) is 0 Å². The molecule has 1 heterocycles. The first-order valence-corrected chi connectivity index (χ1v) is 4.80. The summed E-state index contributed by atoms with van der Waals surface area (Å²) in [5, 5.41) is 0. The highest BCUT2D eigenvalue weighted by molar-refractivity contribution is 7.85. The van der Waals surface area contributed by atoms with Crippen molar-refractivity contribution in [2.75, 3.05) is 11.0 Å². The third-order valence-corrected chi connectivity index (χ3v) is 1.71. The molecule has 1 unspecified atom stereocenters. The van der Waals surface area contributed by atoms with Crippen molar-refractivity contribution in [2.45, 2.75) is 0 Å². The molecule has 0 amide bonds. The fraction of sp³-hybridized carbons (Fsp3) is 0.143. The van der Waals surface area contributed by atoms with E-state index in [1.807, 2.05) is 0 Å². The van der Waals surface area contributed by atoms with Crippen LogP contribution in [-0.2, 0) is 11.0 Å². The predicted molar refractivity (Wildman–Crippen MR) is 47.3 cm³/mol. The number of hydrogen-bond donors (Lipinski definition) is 1. The van der Waals surface area contributed by atoms with Gasteiger partial charge in [-0.2, -0.15) is 0 Å². The second-order valence-corrected chi connectivity index (χ2v) is 3.22. The second-order valence-electron chi connectivity index (χ2n) is 2.11. The molecule has 0 fully saturated rings. The molecule has 0 aliphatic heterocycles. The molecule has 0 aliphatic rings. The minimum Gasteiger partial charge on any atom is -0.303 e. The van der Waals surface area contributed by atoms with E-state index in [1.54, 1.807) is 12.1 Å². The van der Waals surface area contributed by atoms with Gasteiger partial charge in [-0.05, 0) is 12.1 Å². The van der Waals surface area contributed by atoms with Crippen molar-refractivity contribution in [3.05, 3.63) is 24.0 Å². The van der Waals surface area contributed by atoms with E-state index in [0.717, 1.165) is 0 Å². The van der Waals surface area contributed by atoms with Crippen LogP contribution in [0.15, 0.2) is 18.3 Å². The van der Waals surface area contributed by atoms with Gasteiger partial charge in [-0.1, -0.05) is 0 Å². The largest absolute Gasteiger partial charge is 0.303 e. The standard InChI is InChI=1S/C7H8N2O2S/c1-12(11)9-6-3-2-4-8-7(6)5-10/h2-5,9H,1H3. The molecule has 1 rings (SSSR count). The van der Waals surface area contributed by atoms with E-state index in [2.05, 4.69) is 9.71 Å². The average molecular weight is 184 g/mol. The van der Waals surface area contributed by atoms with Crippen molar-refractivity contribution in [1.29, 1.82) is 0 Å². The monoisotopic (exact) mass is 184 g/mol. The zero-order valence-corrected chi connectivity index (χ0v) is 7.30. The Labute approximate surface area is 72.6 Å². The Morgan fingerprint density at radius 2 is 2.42 bits per heavy atom. The predicted octanol–water partition coefficient (Wildman–Crippen LogP) is 0.599. The third-order valence-electron chi connectivity index (χ3n) is 1.20. The second kappa shape index (κ2) is 3.96. The van der Waals surface area contributed by atoms with E-state index in [0.29, 0.717) is 12.0 Å². The smallest absolute Gasteiger partial charge is 0.170 e. The molecule has 0 aromatic carbocycles. The van der Waals surface area contributed by atoms with Crippen molar-refractivity contribution in [3.63, 3.8) is 0 Å². The van der Waals surface area contributed by atoms with Gasteiger partial charge in [0.25, 0.3) is 0 Å². The number of pyridine rings is 1. The molecule has 0 bridgehead atoms. The molecule has 4 nitrogen and oxygen atoms in total. The van der Waals surface area contributed by atoms with Crippen LogP contribution in [0.2, 0.25) is 0 Å². The van der Waals surface area contributed by atoms with Crippen molar-refractivity contribution in [2.24, 2.45) is 0 Å². The van der Waals surface area contributed by atoms with Gasteiger partial charge in [-0.3, -0.25) is 9.78 Å². The van der Waals surface area contributed by atoms with Crippen LogP contribution in [0.1, 0.15) is 10.5 Å². The molecule has 1 N–H and O–H groups in total. The highest BCUT2D eigenvalue weighted by atomic mass is 32.2. The SMILES string of the molecule is CS(=O)Nc1cccnc1C=O. The molecular weight excluding hydrogens is 176 g/mol. The Hall–Kier alpha value is -1.23. The summed E-state index contributed by atoms with van der Waals surface area (Å²) in [6, 6.07) is 3.32. The number of nitrogens with one attached hydrogen (secondary N) is 1. The molecule has 1 atom stereocenters. The van der Waals surface area contributed by atoms with Crippen LogP contribution in [0.3, 0.4) is 0 Å². The van der Waals surface area contributed by atoms with Crippen molar-refractivity contribution < 1.29 is 9.00 Å². The molecule has 1 aromatic rings. The fourth-order valence-electron chi connectivity index (χ4n) is 0.753.